The molecule has 0 N–H and O–H groups in total. The van der Waals surface area contributed by atoms with Gasteiger partial charge in [0, 0.05) is 16.5 Å². The first-order valence-corrected chi connectivity index (χ1v) is 10.1. The molecule has 3 rings (SSSR count). The van der Waals surface area contributed by atoms with Gasteiger partial charge < -0.3 is 9.15 Å². The van der Waals surface area contributed by atoms with Crippen LogP contribution in [0.1, 0.15) is 5.56 Å². The number of fused-ring (bicyclic) bond motifs is 1. The zero-order valence-corrected chi connectivity index (χ0v) is 16.3. The number of hydrogen-bond acceptors (Lipinski definition) is 6. The Balaban J connectivity index is 1.82. The number of methoxy groups -OCH3 is 1. The third-order valence-electron chi connectivity index (χ3n) is 3.91. The Morgan fingerprint density at radius 1 is 1.14 bits per heavy atom. The summed E-state index contributed by atoms with van der Waals surface area (Å²) in [6.45, 7) is 0. The Morgan fingerprint density at radius 3 is 2.54 bits per heavy atom. The van der Waals surface area contributed by atoms with Crippen molar-refractivity contribution >= 4 is 44.3 Å². The van der Waals surface area contributed by atoms with Crippen molar-refractivity contribution in [1.82, 2.24) is 0 Å². The molecular weight excluding hydrogens is 404 g/mol. The molecule has 1 heterocycles. The quantitative estimate of drug-likeness (QED) is 0.449. The van der Waals surface area contributed by atoms with Crippen molar-refractivity contribution in [3.05, 3.63) is 75.6 Å². The molecule has 0 atom stereocenters. The summed E-state index contributed by atoms with van der Waals surface area (Å²) >= 11 is 5.83. The molecule has 8 heteroatoms. The van der Waals surface area contributed by atoms with Crippen molar-refractivity contribution in [3.8, 4) is 5.75 Å². The molecule has 0 radical (unpaired) electrons. The van der Waals surface area contributed by atoms with Crippen molar-refractivity contribution in [3.63, 3.8) is 0 Å². The van der Waals surface area contributed by atoms with Crippen LogP contribution in [0.3, 0.4) is 0 Å². The van der Waals surface area contributed by atoms with Gasteiger partial charge in [-0.1, -0.05) is 29.8 Å². The first-order valence-electron chi connectivity index (χ1n) is 8.09. The van der Waals surface area contributed by atoms with E-state index in [1.54, 1.807) is 30.3 Å². The highest BCUT2D eigenvalue weighted by Gasteiger charge is 2.23. The number of benzene rings is 2. The van der Waals surface area contributed by atoms with Gasteiger partial charge in [0.2, 0.25) is 0 Å². The van der Waals surface area contributed by atoms with Crippen LogP contribution in [0.5, 0.6) is 5.75 Å². The molecule has 0 fully saturated rings. The normalized spacial score (nSPS) is 11.8. The van der Waals surface area contributed by atoms with E-state index in [1.807, 2.05) is 0 Å². The summed E-state index contributed by atoms with van der Waals surface area (Å²) in [5, 5.41) is 0.744. The van der Waals surface area contributed by atoms with Gasteiger partial charge in [-0.2, -0.15) is 0 Å². The maximum atomic E-state index is 12.5. The number of ketones is 1. The van der Waals surface area contributed by atoms with E-state index in [9.17, 15) is 18.0 Å². The largest absolute Gasteiger partial charge is 0.497 e. The van der Waals surface area contributed by atoms with E-state index >= 15 is 0 Å². The van der Waals surface area contributed by atoms with Crippen molar-refractivity contribution < 1.29 is 22.4 Å². The van der Waals surface area contributed by atoms with Crippen LogP contribution >= 0.6 is 11.6 Å². The summed E-state index contributed by atoms with van der Waals surface area (Å²) in [4.78, 5) is 23.6. The molecule has 0 aliphatic heterocycles. The molecule has 0 bridgehead atoms. The topological polar surface area (TPSA) is 90.7 Å². The number of halogens is 1. The summed E-state index contributed by atoms with van der Waals surface area (Å²) in [5.41, 5.74) is -0.169. The SMILES string of the molecule is COc1ccc(C=CC(=O)CS(=O)(=O)c2cc3ccc(Cl)cc3oc2=O)cc1. The molecule has 0 aliphatic rings. The van der Waals surface area contributed by atoms with E-state index < -0.39 is 31.9 Å². The lowest BCUT2D eigenvalue weighted by Crippen LogP contribution is -2.20. The maximum absolute atomic E-state index is 12.5. The minimum atomic E-state index is -4.17. The number of allylic oxidation sites excluding steroid dienone is 1. The molecule has 0 amide bonds. The third-order valence-corrected chi connectivity index (χ3v) is 5.77. The molecule has 0 saturated heterocycles. The lowest BCUT2D eigenvalue weighted by Gasteiger charge is -2.03. The van der Waals surface area contributed by atoms with Crippen LogP contribution in [0.15, 0.2) is 68.7 Å². The molecule has 0 unspecified atom stereocenters. The van der Waals surface area contributed by atoms with Crippen LogP contribution in [0, 0.1) is 0 Å². The van der Waals surface area contributed by atoms with Gasteiger partial charge in [0.25, 0.3) is 0 Å². The molecule has 0 saturated carbocycles. The van der Waals surface area contributed by atoms with Gasteiger partial charge in [-0.05, 0) is 42.0 Å². The van der Waals surface area contributed by atoms with Crippen LogP contribution < -0.4 is 10.4 Å². The third kappa shape index (κ3) is 4.49. The lowest BCUT2D eigenvalue weighted by atomic mass is 10.2. The zero-order chi connectivity index (χ0) is 20.3. The lowest BCUT2D eigenvalue weighted by molar-refractivity contribution is -0.112. The summed E-state index contributed by atoms with van der Waals surface area (Å²) in [5.74, 6) is -0.842. The van der Waals surface area contributed by atoms with E-state index in [0.29, 0.717) is 21.7 Å². The summed E-state index contributed by atoms with van der Waals surface area (Å²) in [6.07, 6.45) is 2.64. The maximum Gasteiger partial charge on any atom is 0.355 e. The minimum Gasteiger partial charge on any atom is -0.497 e. The Labute approximate surface area is 165 Å². The molecule has 3 aromatic rings. The molecule has 0 aliphatic carbocycles. The van der Waals surface area contributed by atoms with Gasteiger partial charge in [-0.15, -0.1) is 0 Å². The number of ether oxygens (including phenoxy) is 1. The minimum absolute atomic E-state index is 0.169. The van der Waals surface area contributed by atoms with Crippen LogP contribution in [-0.4, -0.2) is 27.1 Å². The van der Waals surface area contributed by atoms with E-state index in [-0.39, 0.29) is 5.58 Å². The first kappa shape index (κ1) is 19.9. The first-order chi connectivity index (χ1) is 13.3. The summed E-state index contributed by atoms with van der Waals surface area (Å²) in [6, 6.07) is 12.6. The van der Waals surface area contributed by atoms with Crippen LogP contribution in [0.25, 0.3) is 17.0 Å². The summed E-state index contributed by atoms with van der Waals surface area (Å²) in [7, 11) is -2.63. The predicted octanol–water partition coefficient (Wildman–Crippen LogP) is 3.51. The van der Waals surface area contributed by atoms with Gasteiger partial charge >= 0.3 is 5.63 Å². The predicted molar refractivity (Wildman–Crippen MR) is 107 cm³/mol. The number of carbonyl (C=O) groups is 1. The number of sulfone groups is 1. The fourth-order valence-electron chi connectivity index (χ4n) is 2.50. The molecular formula is C20H15ClO6S. The van der Waals surface area contributed by atoms with Crippen LogP contribution in [-0.2, 0) is 14.6 Å². The second-order valence-corrected chi connectivity index (χ2v) is 8.31. The second-order valence-electron chi connectivity index (χ2n) is 5.91. The Kier molecular flexibility index (Phi) is 5.67. The van der Waals surface area contributed by atoms with Gasteiger partial charge in [-0.3, -0.25) is 4.79 Å². The average Bonchev–Trinajstić information content (AvgIpc) is 2.65. The number of rotatable bonds is 6. The fraction of sp³-hybridized carbons (Fsp3) is 0.100. The van der Waals surface area contributed by atoms with Crippen molar-refractivity contribution in [1.29, 1.82) is 0 Å². The smallest absolute Gasteiger partial charge is 0.355 e. The molecule has 2 aromatic carbocycles. The Bertz CT molecular complexity index is 1220. The highest BCUT2D eigenvalue weighted by molar-refractivity contribution is 7.92. The van der Waals surface area contributed by atoms with E-state index in [0.717, 1.165) is 6.08 Å². The molecule has 0 spiro atoms. The molecule has 144 valence electrons. The highest BCUT2D eigenvalue weighted by atomic mass is 35.5. The Morgan fingerprint density at radius 2 is 1.86 bits per heavy atom. The monoisotopic (exact) mass is 418 g/mol. The number of carbonyl (C=O) groups excluding carboxylic acids is 1. The van der Waals surface area contributed by atoms with Gasteiger partial charge in [0.05, 0.1) is 7.11 Å². The standard InChI is InChI=1S/C20H15ClO6S/c1-26-17-8-3-13(4-9-17)2-7-16(22)12-28(24,25)19-10-14-5-6-15(21)11-18(14)27-20(19)23/h2-11H,12H2,1H3. The molecule has 28 heavy (non-hydrogen) atoms. The van der Waals surface area contributed by atoms with Crippen LogP contribution in [0.4, 0.5) is 0 Å². The summed E-state index contributed by atoms with van der Waals surface area (Å²) < 4.78 is 35.1. The average molecular weight is 419 g/mol. The second kappa shape index (κ2) is 8.00. The van der Waals surface area contributed by atoms with Gasteiger partial charge in [0.15, 0.2) is 20.5 Å². The van der Waals surface area contributed by atoms with E-state index in [2.05, 4.69) is 0 Å². The van der Waals surface area contributed by atoms with Crippen molar-refractivity contribution in [2.75, 3.05) is 12.9 Å². The Hall–Kier alpha value is -2.90. The molecule has 1 aromatic heterocycles. The molecule has 6 nitrogen and oxygen atoms in total. The van der Waals surface area contributed by atoms with Crippen LogP contribution in [0.2, 0.25) is 5.02 Å². The zero-order valence-electron chi connectivity index (χ0n) is 14.7. The van der Waals surface area contributed by atoms with Crippen molar-refractivity contribution in [2.45, 2.75) is 4.90 Å². The highest BCUT2D eigenvalue weighted by Crippen LogP contribution is 2.21. The fourth-order valence-corrected chi connectivity index (χ4v) is 3.89. The van der Waals surface area contributed by atoms with Crippen molar-refractivity contribution in [2.24, 2.45) is 0 Å². The van der Waals surface area contributed by atoms with E-state index in [4.69, 9.17) is 20.8 Å². The van der Waals surface area contributed by atoms with Gasteiger partial charge in [0.1, 0.15) is 17.1 Å². The number of hydrogen-bond donors (Lipinski definition) is 0. The van der Waals surface area contributed by atoms with E-state index in [1.165, 1.54) is 31.4 Å². The van der Waals surface area contributed by atoms with Gasteiger partial charge in [-0.25, -0.2) is 13.2 Å².